The van der Waals surface area contributed by atoms with Gasteiger partial charge in [-0.05, 0) is 44.9 Å². The van der Waals surface area contributed by atoms with Crippen molar-refractivity contribution in [3.63, 3.8) is 0 Å². The van der Waals surface area contributed by atoms with Crippen LogP contribution in [0.25, 0.3) is 0 Å². The van der Waals surface area contributed by atoms with E-state index in [2.05, 4.69) is 15.6 Å². The number of hydrogen-bond donors (Lipinski definition) is 2. The van der Waals surface area contributed by atoms with E-state index in [9.17, 15) is 4.79 Å². The minimum atomic E-state index is -0.224. The Morgan fingerprint density at radius 1 is 1.35 bits per heavy atom. The van der Waals surface area contributed by atoms with E-state index >= 15 is 0 Å². The summed E-state index contributed by atoms with van der Waals surface area (Å²) in [7, 11) is 0. The lowest BCUT2D eigenvalue weighted by Crippen LogP contribution is -2.38. The second-order valence-electron chi connectivity index (χ2n) is 5.36. The zero-order chi connectivity index (χ0) is 17.1. The van der Waals surface area contributed by atoms with Crippen molar-refractivity contribution in [2.45, 2.75) is 39.7 Å². The molecule has 0 saturated carbocycles. The highest BCUT2D eigenvalue weighted by Gasteiger charge is 2.05. The summed E-state index contributed by atoms with van der Waals surface area (Å²) in [5.74, 6) is 0.477. The van der Waals surface area contributed by atoms with Gasteiger partial charge in [-0.1, -0.05) is 23.7 Å². The molecule has 23 heavy (non-hydrogen) atoms. The lowest BCUT2D eigenvalue weighted by molar-refractivity contribution is -0.147. The van der Waals surface area contributed by atoms with Crippen molar-refractivity contribution in [1.29, 1.82) is 0 Å². The molecule has 0 aromatic heterocycles. The van der Waals surface area contributed by atoms with Crippen LogP contribution in [0.3, 0.4) is 0 Å². The quantitative estimate of drug-likeness (QED) is 0.434. The highest BCUT2D eigenvalue weighted by atomic mass is 35.5. The van der Waals surface area contributed by atoms with E-state index in [1.165, 1.54) is 5.56 Å². The first-order valence-corrected chi connectivity index (χ1v) is 8.35. The highest BCUT2D eigenvalue weighted by molar-refractivity contribution is 6.30. The molecule has 0 atom stereocenters. The smallest absolute Gasteiger partial charge is 0.307 e. The number of esters is 1. The highest BCUT2D eigenvalue weighted by Crippen LogP contribution is 2.10. The number of ether oxygens (including phenoxy) is 1. The summed E-state index contributed by atoms with van der Waals surface area (Å²) < 4.78 is 5.08. The van der Waals surface area contributed by atoms with Gasteiger partial charge >= 0.3 is 5.97 Å². The predicted octanol–water partition coefficient (Wildman–Crippen LogP) is 2.78. The van der Waals surface area contributed by atoms with Crippen molar-refractivity contribution in [3.8, 4) is 0 Å². The largest absolute Gasteiger partial charge is 0.463 e. The van der Waals surface area contributed by atoms with Crippen LogP contribution in [-0.2, 0) is 16.0 Å². The van der Waals surface area contributed by atoms with Gasteiger partial charge in [-0.2, -0.15) is 0 Å². The Hall–Kier alpha value is -1.75. The van der Waals surface area contributed by atoms with E-state index in [1.807, 2.05) is 45.0 Å². The van der Waals surface area contributed by atoms with Crippen LogP contribution in [0.1, 0.15) is 32.8 Å². The molecule has 0 radical (unpaired) electrons. The summed E-state index contributed by atoms with van der Waals surface area (Å²) in [6, 6.07) is 7.80. The van der Waals surface area contributed by atoms with Crippen LogP contribution < -0.4 is 10.6 Å². The number of hydrogen-bond acceptors (Lipinski definition) is 3. The van der Waals surface area contributed by atoms with Gasteiger partial charge in [0, 0.05) is 18.1 Å². The van der Waals surface area contributed by atoms with E-state index in [0.29, 0.717) is 12.5 Å². The normalized spacial score (nSPS) is 11.4. The standard InChI is InChI=1S/C17H26ClN3O2/c1-4-19-17(21-11-9-16(22)23-13(2)3)20-10-8-14-6-5-7-15(18)12-14/h5-7,12-13H,4,8-11H2,1-3H3,(H2,19,20,21). The van der Waals surface area contributed by atoms with Crippen LogP contribution in [0.15, 0.2) is 29.3 Å². The van der Waals surface area contributed by atoms with Crippen molar-refractivity contribution in [2.75, 3.05) is 19.6 Å². The third-order valence-corrected chi connectivity index (χ3v) is 3.13. The maximum absolute atomic E-state index is 11.5. The molecule has 0 fully saturated rings. The SMILES string of the molecule is CCNC(=NCCC(=O)OC(C)C)NCCc1cccc(Cl)c1. The van der Waals surface area contributed by atoms with Gasteiger partial charge < -0.3 is 15.4 Å². The van der Waals surface area contributed by atoms with Crippen LogP contribution in [-0.4, -0.2) is 37.7 Å². The monoisotopic (exact) mass is 339 g/mol. The van der Waals surface area contributed by atoms with Gasteiger partial charge in [-0.15, -0.1) is 0 Å². The molecule has 0 amide bonds. The lowest BCUT2D eigenvalue weighted by Gasteiger charge is -2.11. The molecule has 0 aliphatic heterocycles. The van der Waals surface area contributed by atoms with Gasteiger partial charge in [-0.3, -0.25) is 9.79 Å². The first-order chi connectivity index (χ1) is 11.0. The number of carbonyl (C=O) groups is 1. The molecule has 0 aliphatic rings. The molecule has 0 saturated heterocycles. The van der Waals surface area contributed by atoms with Gasteiger partial charge in [0.2, 0.25) is 0 Å². The first-order valence-electron chi connectivity index (χ1n) is 7.97. The Bertz CT molecular complexity index is 518. The van der Waals surface area contributed by atoms with Crippen LogP contribution >= 0.6 is 11.6 Å². The van der Waals surface area contributed by atoms with Gasteiger partial charge in [0.05, 0.1) is 19.1 Å². The number of aliphatic imine (C=N–C) groups is 1. The Kier molecular flexibility index (Phi) is 9.14. The maximum Gasteiger partial charge on any atom is 0.307 e. The predicted molar refractivity (Wildman–Crippen MR) is 95.0 cm³/mol. The fraction of sp³-hybridized carbons (Fsp3) is 0.529. The molecule has 1 rings (SSSR count). The molecule has 0 unspecified atom stereocenters. The number of benzene rings is 1. The third-order valence-electron chi connectivity index (χ3n) is 2.89. The van der Waals surface area contributed by atoms with Crippen LogP contribution in [0.5, 0.6) is 0 Å². The van der Waals surface area contributed by atoms with Crippen molar-refractivity contribution in [2.24, 2.45) is 4.99 Å². The van der Waals surface area contributed by atoms with Crippen LogP contribution in [0.2, 0.25) is 5.02 Å². The number of rotatable bonds is 8. The number of halogens is 1. The summed E-state index contributed by atoms with van der Waals surface area (Å²) in [6.45, 7) is 7.58. The zero-order valence-electron chi connectivity index (χ0n) is 14.1. The molecule has 0 heterocycles. The second-order valence-corrected chi connectivity index (χ2v) is 5.79. The van der Waals surface area contributed by atoms with Gasteiger partial charge in [0.25, 0.3) is 0 Å². The van der Waals surface area contributed by atoms with Crippen LogP contribution in [0, 0.1) is 0 Å². The fourth-order valence-electron chi connectivity index (χ4n) is 1.94. The Morgan fingerprint density at radius 3 is 2.78 bits per heavy atom. The molecule has 1 aromatic rings. The molecule has 5 nitrogen and oxygen atoms in total. The molecule has 128 valence electrons. The molecule has 0 spiro atoms. The molecule has 6 heteroatoms. The topological polar surface area (TPSA) is 62.7 Å². The Morgan fingerprint density at radius 2 is 2.13 bits per heavy atom. The van der Waals surface area contributed by atoms with Crippen molar-refractivity contribution in [3.05, 3.63) is 34.9 Å². The van der Waals surface area contributed by atoms with Gasteiger partial charge in [0.1, 0.15) is 0 Å². The molecule has 0 aliphatic carbocycles. The van der Waals surface area contributed by atoms with E-state index in [-0.39, 0.29) is 18.5 Å². The van der Waals surface area contributed by atoms with Crippen LogP contribution in [0.4, 0.5) is 0 Å². The number of carbonyl (C=O) groups excluding carboxylic acids is 1. The fourth-order valence-corrected chi connectivity index (χ4v) is 2.15. The van der Waals surface area contributed by atoms with E-state index in [4.69, 9.17) is 16.3 Å². The first kappa shape index (κ1) is 19.3. The molecule has 2 N–H and O–H groups in total. The summed E-state index contributed by atoms with van der Waals surface area (Å²) >= 11 is 5.97. The number of nitrogens with zero attached hydrogens (tertiary/aromatic N) is 1. The number of guanidine groups is 1. The van der Waals surface area contributed by atoms with Crippen molar-refractivity contribution in [1.82, 2.24) is 10.6 Å². The zero-order valence-corrected chi connectivity index (χ0v) is 14.8. The molecule has 0 bridgehead atoms. The summed E-state index contributed by atoms with van der Waals surface area (Å²) in [5.41, 5.74) is 1.17. The maximum atomic E-state index is 11.5. The second kappa shape index (κ2) is 10.9. The minimum absolute atomic E-state index is 0.0875. The van der Waals surface area contributed by atoms with E-state index in [1.54, 1.807) is 0 Å². The van der Waals surface area contributed by atoms with Gasteiger partial charge in [-0.25, -0.2) is 0 Å². The molecular formula is C17H26ClN3O2. The minimum Gasteiger partial charge on any atom is -0.463 e. The van der Waals surface area contributed by atoms with Gasteiger partial charge in [0.15, 0.2) is 5.96 Å². The average molecular weight is 340 g/mol. The average Bonchev–Trinajstić information content (AvgIpc) is 2.46. The lowest BCUT2D eigenvalue weighted by atomic mass is 10.1. The van der Waals surface area contributed by atoms with E-state index < -0.39 is 0 Å². The number of nitrogens with one attached hydrogen (secondary N) is 2. The van der Waals surface area contributed by atoms with Crippen molar-refractivity contribution >= 4 is 23.5 Å². The summed E-state index contributed by atoms with van der Waals surface area (Å²) in [5, 5.41) is 7.14. The molecular weight excluding hydrogens is 314 g/mol. The van der Waals surface area contributed by atoms with E-state index in [0.717, 1.165) is 24.5 Å². The Balaban J connectivity index is 2.38. The third kappa shape index (κ3) is 9.08. The summed E-state index contributed by atoms with van der Waals surface area (Å²) in [4.78, 5) is 15.9. The van der Waals surface area contributed by atoms with Crippen molar-refractivity contribution < 1.29 is 9.53 Å². The summed E-state index contributed by atoms with van der Waals surface area (Å²) in [6.07, 6.45) is 1.04. The molecule has 1 aromatic carbocycles. The Labute approximate surface area is 143 Å².